The molecule has 1 atom stereocenters. The van der Waals surface area contributed by atoms with Crippen molar-refractivity contribution < 1.29 is 0 Å². The molecular weight excluding hydrogens is 296 g/mol. The van der Waals surface area contributed by atoms with Crippen molar-refractivity contribution in [2.75, 3.05) is 0 Å². The summed E-state index contributed by atoms with van der Waals surface area (Å²) in [6.07, 6.45) is 1.80. The van der Waals surface area contributed by atoms with Crippen molar-refractivity contribution in [2.24, 2.45) is 5.73 Å². The molecule has 0 aliphatic carbocycles. The Morgan fingerprint density at radius 3 is 2.82 bits per heavy atom. The Hall–Kier alpha value is -0.840. The zero-order valence-corrected chi connectivity index (χ0v) is 11.8. The van der Waals surface area contributed by atoms with Crippen LogP contribution in [0.4, 0.5) is 0 Å². The van der Waals surface area contributed by atoms with Gasteiger partial charge in [-0.15, -0.1) is 0 Å². The maximum atomic E-state index is 5.94. The van der Waals surface area contributed by atoms with Crippen LogP contribution in [-0.2, 0) is 0 Å². The quantitative estimate of drug-likeness (QED) is 0.931. The summed E-state index contributed by atoms with van der Waals surface area (Å²) in [6.45, 7) is 1.97. The molecule has 0 fully saturated rings. The molecule has 0 bridgehead atoms. The fourth-order valence-electron chi connectivity index (χ4n) is 1.48. The number of rotatable bonds is 3. The average molecular weight is 309 g/mol. The minimum absolute atomic E-state index is 0.00153. The Labute approximate surface area is 114 Å². The summed E-state index contributed by atoms with van der Waals surface area (Å²) in [7, 11) is 0. The van der Waals surface area contributed by atoms with Gasteiger partial charge in [0.2, 0.25) is 0 Å². The van der Waals surface area contributed by atoms with Crippen molar-refractivity contribution >= 4 is 27.7 Å². The van der Waals surface area contributed by atoms with Gasteiger partial charge in [0.1, 0.15) is 5.03 Å². The smallest absolute Gasteiger partial charge is 0.105 e. The van der Waals surface area contributed by atoms with Gasteiger partial charge in [-0.25, -0.2) is 4.98 Å². The van der Waals surface area contributed by atoms with Crippen molar-refractivity contribution in [3.05, 3.63) is 52.6 Å². The summed E-state index contributed by atoms with van der Waals surface area (Å²) in [4.78, 5) is 5.55. The van der Waals surface area contributed by atoms with Crippen LogP contribution in [0.15, 0.2) is 57.0 Å². The van der Waals surface area contributed by atoms with Crippen molar-refractivity contribution in [1.29, 1.82) is 0 Å². The van der Waals surface area contributed by atoms with Gasteiger partial charge < -0.3 is 5.73 Å². The molecule has 0 spiro atoms. The standard InChI is InChI=1S/C13H13BrN2S/c1-9(15)12-6-3-7-16-13(12)17-11-5-2-4-10(14)8-11/h2-9H,15H2,1H3/t9-/m0/s1. The maximum absolute atomic E-state index is 5.94. The minimum atomic E-state index is -0.00153. The summed E-state index contributed by atoms with van der Waals surface area (Å²) >= 11 is 5.10. The number of nitrogens with zero attached hydrogens (tertiary/aromatic N) is 1. The van der Waals surface area contributed by atoms with Crippen molar-refractivity contribution in [3.63, 3.8) is 0 Å². The van der Waals surface area contributed by atoms with Gasteiger partial charge in [0.15, 0.2) is 0 Å². The van der Waals surface area contributed by atoms with Crippen LogP contribution in [0.25, 0.3) is 0 Å². The highest BCUT2D eigenvalue weighted by Crippen LogP contribution is 2.31. The molecule has 0 amide bonds. The molecule has 1 heterocycles. The van der Waals surface area contributed by atoms with Crippen LogP contribution in [0.3, 0.4) is 0 Å². The van der Waals surface area contributed by atoms with E-state index in [1.807, 2.05) is 31.2 Å². The average Bonchev–Trinajstić information content (AvgIpc) is 2.29. The van der Waals surface area contributed by atoms with Crippen LogP contribution in [0.1, 0.15) is 18.5 Å². The number of aromatic nitrogens is 1. The third kappa shape index (κ3) is 3.31. The Morgan fingerprint density at radius 1 is 1.29 bits per heavy atom. The molecule has 0 aliphatic rings. The van der Waals surface area contributed by atoms with Gasteiger partial charge in [-0.05, 0) is 31.2 Å². The molecular formula is C13H13BrN2S. The number of halogens is 1. The molecule has 0 unspecified atom stereocenters. The lowest BCUT2D eigenvalue weighted by molar-refractivity contribution is 0.779. The van der Waals surface area contributed by atoms with Gasteiger partial charge >= 0.3 is 0 Å². The van der Waals surface area contributed by atoms with Crippen molar-refractivity contribution in [2.45, 2.75) is 22.9 Å². The summed E-state index contributed by atoms with van der Waals surface area (Å²) < 4.78 is 1.07. The molecule has 2 nitrogen and oxygen atoms in total. The summed E-state index contributed by atoms with van der Waals surface area (Å²) in [6, 6.07) is 12.1. The second-order valence-electron chi connectivity index (χ2n) is 3.75. The van der Waals surface area contributed by atoms with Crippen molar-refractivity contribution in [3.8, 4) is 0 Å². The van der Waals surface area contributed by atoms with Crippen LogP contribution >= 0.6 is 27.7 Å². The van der Waals surface area contributed by atoms with Gasteiger partial charge in [-0.3, -0.25) is 0 Å². The lowest BCUT2D eigenvalue weighted by Gasteiger charge is -2.10. The van der Waals surface area contributed by atoms with E-state index >= 15 is 0 Å². The molecule has 0 saturated carbocycles. The number of nitrogens with two attached hydrogens (primary N) is 1. The molecule has 2 rings (SSSR count). The second kappa shape index (κ2) is 5.67. The predicted molar refractivity (Wildman–Crippen MR) is 75.1 cm³/mol. The Kier molecular flexibility index (Phi) is 4.20. The van der Waals surface area contributed by atoms with E-state index in [0.29, 0.717) is 0 Å². The van der Waals surface area contributed by atoms with Crippen LogP contribution in [0.5, 0.6) is 0 Å². The summed E-state index contributed by atoms with van der Waals surface area (Å²) in [5.74, 6) is 0. The first-order chi connectivity index (χ1) is 8.16. The van der Waals surface area contributed by atoms with Crippen LogP contribution < -0.4 is 5.73 Å². The lowest BCUT2D eigenvalue weighted by Crippen LogP contribution is -2.07. The molecule has 0 aliphatic heterocycles. The van der Waals surface area contributed by atoms with Gasteiger partial charge in [-0.2, -0.15) is 0 Å². The zero-order chi connectivity index (χ0) is 12.3. The highest BCUT2D eigenvalue weighted by atomic mass is 79.9. The van der Waals surface area contributed by atoms with Gasteiger partial charge in [0, 0.05) is 27.2 Å². The van der Waals surface area contributed by atoms with Crippen LogP contribution in [-0.4, -0.2) is 4.98 Å². The number of pyridine rings is 1. The number of hydrogen-bond donors (Lipinski definition) is 1. The SMILES string of the molecule is C[C@H](N)c1cccnc1Sc1cccc(Br)c1. The molecule has 17 heavy (non-hydrogen) atoms. The van der Waals surface area contributed by atoms with Crippen molar-refractivity contribution in [1.82, 2.24) is 4.98 Å². The van der Waals surface area contributed by atoms with E-state index in [-0.39, 0.29) is 6.04 Å². The first-order valence-corrected chi connectivity index (χ1v) is 6.91. The molecule has 2 aromatic rings. The third-order valence-electron chi connectivity index (χ3n) is 2.30. The highest BCUT2D eigenvalue weighted by Gasteiger charge is 2.09. The summed E-state index contributed by atoms with van der Waals surface area (Å²) in [5, 5.41) is 0.973. The first-order valence-electron chi connectivity index (χ1n) is 5.31. The van der Waals surface area contributed by atoms with Crippen LogP contribution in [0, 0.1) is 0 Å². The molecule has 0 radical (unpaired) electrons. The van der Waals surface area contributed by atoms with E-state index in [1.165, 1.54) is 0 Å². The number of benzene rings is 1. The molecule has 0 saturated heterocycles. The van der Waals surface area contributed by atoms with E-state index in [2.05, 4.69) is 33.0 Å². The van der Waals surface area contributed by atoms with Gasteiger partial charge in [-0.1, -0.05) is 39.8 Å². The lowest BCUT2D eigenvalue weighted by atomic mass is 10.2. The highest BCUT2D eigenvalue weighted by molar-refractivity contribution is 9.10. The Bertz CT molecular complexity index is 514. The van der Waals surface area contributed by atoms with Crippen LogP contribution in [0.2, 0.25) is 0 Å². The molecule has 2 N–H and O–H groups in total. The third-order valence-corrected chi connectivity index (χ3v) is 3.82. The summed E-state index contributed by atoms with van der Waals surface area (Å²) in [5.41, 5.74) is 7.02. The van der Waals surface area contributed by atoms with E-state index in [9.17, 15) is 0 Å². The predicted octanol–water partition coefficient (Wildman–Crippen LogP) is 4.02. The fraction of sp³-hybridized carbons (Fsp3) is 0.154. The molecule has 1 aromatic carbocycles. The normalized spacial score (nSPS) is 12.4. The molecule has 4 heteroatoms. The largest absolute Gasteiger partial charge is 0.324 e. The van der Waals surface area contributed by atoms with E-state index in [1.54, 1.807) is 18.0 Å². The number of hydrogen-bond acceptors (Lipinski definition) is 3. The second-order valence-corrected chi connectivity index (χ2v) is 5.72. The van der Waals surface area contributed by atoms with Gasteiger partial charge in [0.05, 0.1) is 0 Å². The van der Waals surface area contributed by atoms with E-state index < -0.39 is 0 Å². The Balaban J connectivity index is 2.30. The zero-order valence-electron chi connectivity index (χ0n) is 9.43. The molecule has 88 valence electrons. The minimum Gasteiger partial charge on any atom is -0.324 e. The van der Waals surface area contributed by atoms with E-state index in [0.717, 1.165) is 20.0 Å². The maximum Gasteiger partial charge on any atom is 0.105 e. The van der Waals surface area contributed by atoms with Gasteiger partial charge in [0.25, 0.3) is 0 Å². The van der Waals surface area contributed by atoms with E-state index in [4.69, 9.17) is 5.73 Å². The molecule has 1 aromatic heterocycles. The topological polar surface area (TPSA) is 38.9 Å². The monoisotopic (exact) mass is 308 g/mol. The Morgan fingerprint density at radius 2 is 2.12 bits per heavy atom. The fourth-order valence-corrected chi connectivity index (χ4v) is 3.07. The first kappa shape index (κ1) is 12.6.